The summed E-state index contributed by atoms with van der Waals surface area (Å²) in [6.07, 6.45) is 9.15. The first-order chi connectivity index (χ1) is 26.5. The van der Waals surface area contributed by atoms with Gasteiger partial charge in [0.15, 0.2) is 0 Å². The van der Waals surface area contributed by atoms with Crippen molar-refractivity contribution in [1.29, 1.82) is 0 Å². The lowest BCUT2D eigenvalue weighted by molar-refractivity contribution is -0.116. The van der Waals surface area contributed by atoms with Crippen LogP contribution >= 0.6 is 0 Å². The summed E-state index contributed by atoms with van der Waals surface area (Å²) < 4.78 is 9.44. The monoisotopic (exact) mass is 740 g/mol. The second-order valence-corrected chi connectivity index (χ2v) is 14.0. The number of nitrogens with two attached hydrogens (primary N) is 1. The van der Waals surface area contributed by atoms with Gasteiger partial charge in [-0.1, -0.05) is 12.1 Å². The van der Waals surface area contributed by atoms with E-state index in [4.69, 9.17) is 10.5 Å². The summed E-state index contributed by atoms with van der Waals surface area (Å²) >= 11 is 0. The molecule has 2 aliphatic rings. The van der Waals surface area contributed by atoms with Crippen LogP contribution in [-0.4, -0.2) is 63.1 Å². The third-order valence-electron chi connectivity index (χ3n) is 9.93. The molecule has 1 atom stereocenters. The highest BCUT2D eigenvalue weighted by atomic mass is 16.5. The van der Waals surface area contributed by atoms with Gasteiger partial charge in [-0.05, 0) is 98.3 Å². The number of nitrogens with zero attached hydrogens (tertiary/aromatic N) is 4. The van der Waals surface area contributed by atoms with Gasteiger partial charge in [-0.15, -0.1) is 0 Å². The Balaban J connectivity index is 0.891. The van der Waals surface area contributed by atoms with E-state index in [1.54, 1.807) is 64.8 Å². The van der Waals surface area contributed by atoms with Crippen LogP contribution in [0.5, 0.6) is 5.75 Å². The molecule has 13 heteroatoms. The lowest BCUT2D eigenvalue weighted by Gasteiger charge is -2.32. The second-order valence-electron chi connectivity index (χ2n) is 14.0. The molecule has 1 fully saturated rings. The van der Waals surface area contributed by atoms with Crippen molar-refractivity contribution < 1.29 is 23.9 Å². The molecule has 282 valence electrons. The van der Waals surface area contributed by atoms with Crippen LogP contribution in [0.3, 0.4) is 0 Å². The molecule has 0 saturated carbocycles. The largest absolute Gasteiger partial charge is 0.493 e. The normalized spacial score (nSPS) is 14.8. The Kier molecular flexibility index (Phi) is 10.5. The minimum Gasteiger partial charge on any atom is -0.493 e. The third kappa shape index (κ3) is 8.30. The van der Waals surface area contributed by atoms with E-state index in [0.29, 0.717) is 64.2 Å². The number of piperidine rings is 1. The van der Waals surface area contributed by atoms with Crippen LogP contribution in [0.1, 0.15) is 69.0 Å². The predicted molar refractivity (Wildman–Crippen MR) is 214 cm³/mol. The third-order valence-corrected chi connectivity index (χ3v) is 9.93. The minimum absolute atomic E-state index is 0.0119. The molecule has 2 aliphatic heterocycles. The molecule has 0 aliphatic carbocycles. The van der Waals surface area contributed by atoms with Crippen LogP contribution in [0.2, 0.25) is 0 Å². The first kappa shape index (κ1) is 36.7. The van der Waals surface area contributed by atoms with Crippen molar-refractivity contribution in [3.8, 4) is 16.9 Å². The molecule has 3 aromatic carbocycles. The van der Waals surface area contributed by atoms with Gasteiger partial charge in [0.05, 0.1) is 29.6 Å². The van der Waals surface area contributed by atoms with Crippen LogP contribution in [0.25, 0.3) is 11.1 Å². The highest BCUT2D eigenvalue weighted by Gasteiger charge is 2.30. The molecule has 5 aromatic rings. The van der Waals surface area contributed by atoms with Crippen molar-refractivity contribution in [1.82, 2.24) is 14.0 Å². The fraction of sp³-hybridized carbons (Fsp3) is 0.262. The van der Waals surface area contributed by atoms with Gasteiger partial charge >= 0.3 is 0 Å². The topological polar surface area (TPSA) is 165 Å². The SMILES string of the molecule is Cc1cc2c(cc1OCCCC(=O)Nc1cc(C(=O)Nc3ccc(-c4cc(C(=O)Nc5ccc(N)cc5)n(C)c4)cc3)n(C)c1)N=C[C@@H]1CCCCN1C2=O. The first-order valence-corrected chi connectivity index (χ1v) is 18.4. The van der Waals surface area contributed by atoms with E-state index in [9.17, 15) is 19.2 Å². The molecule has 1 saturated heterocycles. The van der Waals surface area contributed by atoms with E-state index in [1.807, 2.05) is 61.6 Å². The summed E-state index contributed by atoms with van der Waals surface area (Å²) in [4.78, 5) is 58.7. The lowest BCUT2D eigenvalue weighted by atomic mass is 10.0. The number of aliphatic imine (C=N–C) groups is 1. The molecule has 13 nitrogen and oxygen atoms in total. The van der Waals surface area contributed by atoms with Gasteiger partial charge in [0, 0.05) is 74.4 Å². The molecular weight excluding hydrogens is 697 g/mol. The van der Waals surface area contributed by atoms with E-state index in [2.05, 4.69) is 20.9 Å². The van der Waals surface area contributed by atoms with E-state index in [0.717, 1.165) is 42.5 Å². The zero-order valence-electron chi connectivity index (χ0n) is 31.1. The average molecular weight is 741 g/mol. The van der Waals surface area contributed by atoms with E-state index >= 15 is 0 Å². The molecule has 0 spiro atoms. The Morgan fingerprint density at radius 1 is 0.818 bits per heavy atom. The van der Waals surface area contributed by atoms with E-state index < -0.39 is 0 Å². The Bertz CT molecular complexity index is 2290. The molecule has 4 heterocycles. The molecule has 0 radical (unpaired) electrons. The summed E-state index contributed by atoms with van der Waals surface area (Å²) in [5.74, 6) is -0.120. The number of benzene rings is 3. The molecule has 5 N–H and O–H groups in total. The standard InChI is InChI=1S/C42H44N8O5/c1-26-19-34-35(44-23-33-7-4-5-17-50(33)42(34)54)22-38(26)55-18-6-8-39(51)45-32-21-37(49(3)25-32)41(53)46-30-13-9-27(10-14-30)28-20-36(48(2)24-28)40(52)47-31-15-11-29(43)12-16-31/h9-16,19-25,33H,4-8,17-18,43H2,1-3H3,(H,45,51)(H,46,53)(H,47,52)/t33-/m0/s1. The highest BCUT2D eigenvalue weighted by molar-refractivity contribution is 6.06. The quantitative estimate of drug-likeness (QED) is 0.0847. The number of carbonyl (C=O) groups is 4. The van der Waals surface area contributed by atoms with Crippen molar-refractivity contribution in [2.24, 2.45) is 19.1 Å². The van der Waals surface area contributed by atoms with Gasteiger partial charge in [0.25, 0.3) is 17.7 Å². The lowest BCUT2D eigenvalue weighted by Crippen LogP contribution is -2.43. The number of aryl methyl sites for hydroxylation is 3. The number of nitrogens with one attached hydrogen (secondary N) is 3. The van der Waals surface area contributed by atoms with Gasteiger partial charge in [-0.3, -0.25) is 24.2 Å². The average Bonchev–Trinajstić information content (AvgIpc) is 3.71. The van der Waals surface area contributed by atoms with Gasteiger partial charge in [0.2, 0.25) is 5.91 Å². The fourth-order valence-corrected chi connectivity index (χ4v) is 6.94. The fourth-order valence-electron chi connectivity index (χ4n) is 6.94. The molecule has 0 bridgehead atoms. The van der Waals surface area contributed by atoms with Crippen molar-refractivity contribution in [2.75, 3.05) is 34.8 Å². The van der Waals surface area contributed by atoms with E-state index in [-0.39, 0.29) is 36.1 Å². The Hall–Kier alpha value is -6.63. The van der Waals surface area contributed by atoms with Crippen molar-refractivity contribution in [3.05, 3.63) is 108 Å². The smallest absolute Gasteiger partial charge is 0.272 e. The summed E-state index contributed by atoms with van der Waals surface area (Å²) in [7, 11) is 3.55. The van der Waals surface area contributed by atoms with Gasteiger partial charge in [0.1, 0.15) is 17.1 Å². The number of ether oxygens (including phenoxy) is 1. The molecular formula is C42H44N8O5. The van der Waals surface area contributed by atoms with Gasteiger partial charge < -0.3 is 40.5 Å². The number of carbonyl (C=O) groups excluding carboxylic acids is 4. The summed E-state index contributed by atoms with van der Waals surface area (Å²) in [5.41, 5.74) is 12.8. The maximum Gasteiger partial charge on any atom is 0.272 e. The maximum atomic E-state index is 13.2. The van der Waals surface area contributed by atoms with Crippen LogP contribution in [0.4, 0.5) is 28.4 Å². The molecule has 2 aromatic heterocycles. The molecule has 4 amide bonds. The number of amides is 4. The molecule has 55 heavy (non-hydrogen) atoms. The summed E-state index contributed by atoms with van der Waals surface area (Å²) in [5, 5.41) is 8.67. The second kappa shape index (κ2) is 15.8. The zero-order chi connectivity index (χ0) is 38.6. The molecule has 0 unspecified atom stereocenters. The Morgan fingerprint density at radius 3 is 2.22 bits per heavy atom. The first-order valence-electron chi connectivity index (χ1n) is 18.4. The number of aromatic nitrogens is 2. The minimum atomic E-state index is -0.330. The summed E-state index contributed by atoms with van der Waals surface area (Å²) in [6.45, 7) is 2.96. The number of hydrogen-bond acceptors (Lipinski definition) is 7. The van der Waals surface area contributed by atoms with Gasteiger partial charge in [-0.25, -0.2) is 0 Å². The Morgan fingerprint density at radius 2 is 1.49 bits per heavy atom. The van der Waals surface area contributed by atoms with Crippen molar-refractivity contribution in [3.63, 3.8) is 0 Å². The van der Waals surface area contributed by atoms with Crippen LogP contribution < -0.4 is 26.4 Å². The van der Waals surface area contributed by atoms with Crippen LogP contribution in [-0.2, 0) is 18.9 Å². The molecule has 7 rings (SSSR count). The number of nitrogen functional groups attached to an aromatic ring is 1. The van der Waals surface area contributed by atoms with Crippen molar-refractivity contribution in [2.45, 2.75) is 45.1 Å². The maximum absolute atomic E-state index is 13.2. The van der Waals surface area contributed by atoms with E-state index in [1.165, 1.54) is 0 Å². The predicted octanol–water partition coefficient (Wildman–Crippen LogP) is 6.93. The Labute approximate surface area is 319 Å². The number of hydrogen-bond donors (Lipinski definition) is 4. The van der Waals surface area contributed by atoms with Crippen LogP contribution in [0.15, 0.2) is 90.2 Å². The summed E-state index contributed by atoms with van der Waals surface area (Å²) in [6, 6.07) is 21.4. The van der Waals surface area contributed by atoms with Crippen LogP contribution in [0, 0.1) is 6.92 Å². The van der Waals surface area contributed by atoms with Gasteiger partial charge in [-0.2, -0.15) is 0 Å². The zero-order valence-corrected chi connectivity index (χ0v) is 31.1. The van der Waals surface area contributed by atoms with Crippen molar-refractivity contribution >= 4 is 58.3 Å². The highest BCUT2D eigenvalue weighted by Crippen LogP contribution is 2.34. The number of anilines is 4. The number of rotatable bonds is 11. The number of fused-ring (bicyclic) bond motifs is 2.